The van der Waals surface area contributed by atoms with E-state index in [4.69, 9.17) is 21.6 Å². The van der Waals surface area contributed by atoms with Gasteiger partial charge in [0.15, 0.2) is 0 Å². The first-order chi connectivity index (χ1) is 7.17. The molecule has 1 saturated heterocycles. The third kappa shape index (κ3) is 3.69. The van der Waals surface area contributed by atoms with E-state index in [0.29, 0.717) is 6.54 Å². The Morgan fingerprint density at radius 1 is 1.67 bits per heavy atom. The first-order valence-corrected chi connectivity index (χ1v) is 5.45. The molecule has 0 saturated carbocycles. The average molecular weight is 231 g/mol. The average Bonchev–Trinajstić information content (AvgIpc) is 2.29. The van der Waals surface area contributed by atoms with Gasteiger partial charge in [0.05, 0.1) is 19.1 Å². The van der Waals surface area contributed by atoms with Gasteiger partial charge in [-0.3, -0.25) is 4.79 Å². The van der Waals surface area contributed by atoms with Gasteiger partial charge in [0, 0.05) is 6.54 Å². The normalized spacial score (nSPS) is 20.6. The Bertz CT molecular complexity index is 257. The quantitative estimate of drug-likeness (QED) is 0.536. The summed E-state index contributed by atoms with van der Waals surface area (Å²) in [7, 11) is 1.42. The molecular weight excluding hydrogens is 216 g/mol. The van der Waals surface area contributed by atoms with Crippen molar-refractivity contribution in [2.24, 2.45) is 5.92 Å². The summed E-state index contributed by atoms with van der Waals surface area (Å²) in [5.74, 6) is -0.112. The van der Waals surface area contributed by atoms with Crippen LogP contribution in [0.5, 0.6) is 0 Å². The molecule has 1 heterocycles. The van der Waals surface area contributed by atoms with Crippen LogP contribution in [-0.2, 0) is 9.53 Å². The van der Waals surface area contributed by atoms with E-state index < -0.39 is 5.38 Å². The van der Waals surface area contributed by atoms with Gasteiger partial charge < -0.3 is 9.64 Å². The fourth-order valence-corrected chi connectivity index (χ4v) is 1.98. The molecule has 0 aliphatic carbocycles. The number of nitrogens with zero attached hydrogens (tertiary/aromatic N) is 2. The monoisotopic (exact) mass is 230 g/mol. The molecule has 0 aromatic carbocycles. The van der Waals surface area contributed by atoms with Crippen molar-refractivity contribution in [2.75, 3.05) is 26.7 Å². The lowest BCUT2D eigenvalue weighted by molar-refractivity contribution is -0.147. The largest absolute Gasteiger partial charge is 0.469 e. The van der Waals surface area contributed by atoms with Crippen LogP contribution >= 0.6 is 11.6 Å². The molecule has 0 aromatic rings. The number of piperidine rings is 1. The van der Waals surface area contributed by atoms with Gasteiger partial charge in [0.2, 0.25) is 0 Å². The fourth-order valence-electron chi connectivity index (χ4n) is 1.79. The van der Waals surface area contributed by atoms with Crippen LogP contribution in [0, 0.1) is 17.2 Å². The first kappa shape index (κ1) is 12.3. The van der Waals surface area contributed by atoms with Gasteiger partial charge in [-0.1, -0.05) is 0 Å². The molecule has 4 nitrogen and oxygen atoms in total. The van der Waals surface area contributed by atoms with E-state index in [0.717, 1.165) is 25.9 Å². The smallest absolute Gasteiger partial charge is 0.308 e. The minimum absolute atomic E-state index is 0.0158. The number of carbonyl (C=O) groups is 1. The lowest BCUT2D eigenvalue weighted by Crippen LogP contribution is -2.39. The maximum Gasteiger partial charge on any atom is 0.308 e. The highest BCUT2D eigenvalue weighted by Gasteiger charge is 2.26. The number of esters is 1. The van der Waals surface area contributed by atoms with Crippen LogP contribution in [0.4, 0.5) is 0 Å². The van der Waals surface area contributed by atoms with Crippen molar-refractivity contribution in [1.82, 2.24) is 4.90 Å². The number of carbonyl (C=O) groups excluding carboxylic acids is 1. The lowest BCUT2D eigenvalue weighted by atomic mass is 9.97. The van der Waals surface area contributed by atoms with Crippen molar-refractivity contribution in [1.29, 1.82) is 5.26 Å². The van der Waals surface area contributed by atoms with E-state index in [-0.39, 0.29) is 11.9 Å². The molecular formula is C10H15ClN2O2. The van der Waals surface area contributed by atoms with Gasteiger partial charge in [-0.15, -0.1) is 11.6 Å². The number of hydrogen-bond acceptors (Lipinski definition) is 4. The standard InChI is InChI=1S/C10H15ClN2O2/c1-15-10(14)8-2-4-13(5-3-8)7-9(11)6-12/h8-9H,2-5,7H2,1H3. The summed E-state index contributed by atoms with van der Waals surface area (Å²) in [6, 6.07) is 1.99. The second-order valence-electron chi connectivity index (χ2n) is 3.69. The molecule has 1 aliphatic heterocycles. The predicted molar refractivity (Wildman–Crippen MR) is 56.4 cm³/mol. The second-order valence-corrected chi connectivity index (χ2v) is 4.22. The fraction of sp³-hybridized carbons (Fsp3) is 0.800. The Balaban J connectivity index is 2.30. The topological polar surface area (TPSA) is 53.3 Å². The van der Waals surface area contributed by atoms with Gasteiger partial charge in [0.1, 0.15) is 5.38 Å². The number of ether oxygens (including phenoxy) is 1. The molecule has 0 aromatic heterocycles. The van der Waals surface area contributed by atoms with Crippen molar-refractivity contribution in [3.05, 3.63) is 0 Å². The molecule has 0 radical (unpaired) electrons. The Labute approximate surface area is 94.7 Å². The van der Waals surface area contributed by atoms with E-state index in [1.807, 2.05) is 6.07 Å². The summed E-state index contributed by atoms with van der Waals surface area (Å²) in [5.41, 5.74) is 0. The summed E-state index contributed by atoms with van der Waals surface area (Å²) >= 11 is 5.73. The first-order valence-electron chi connectivity index (χ1n) is 5.01. The molecule has 1 aliphatic rings. The molecule has 1 atom stereocenters. The van der Waals surface area contributed by atoms with Crippen molar-refractivity contribution >= 4 is 17.6 Å². The number of methoxy groups -OCH3 is 1. The maximum absolute atomic E-state index is 11.2. The van der Waals surface area contributed by atoms with E-state index in [9.17, 15) is 4.79 Å². The Hall–Kier alpha value is -0.790. The third-order valence-electron chi connectivity index (χ3n) is 2.68. The van der Waals surface area contributed by atoms with E-state index in [1.54, 1.807) is 0 Å². The maximum atomic E-state index is 11.2. The van der Waals surface area contributed by atoms with Crippen molar-refractivity contribution in [2.45, 2.75) is 18.2 Å². The van der Waals surface area contributed by atoms with Crippen LogP contribution in [0.15, 0.2) is 0 Å². The Morgan fingerprint density at radius 3 is 2.73 bits per heavy atom. The number of rotatable bonds is 3. The highest BCUT2D eigenvalue weighted by molar-refractivity contribution is 6.22. The molecule has 15 heavy (non-hydrogen) atoms. The molecule has 0 spiro atoms. The Morgan fingerprint density at radius 2 is 2.27 bits per heavy atom. The second kappa shape index (κ2) is 5.94. The van der Waals surface area contributed by atoms with Crippen molar-refractivity contribution in [3.8, 4) is 6.07 Å². The summed E-state index contributed by atoms with van der Waals surface area (Å²) in [6.07, 6.45) is 1.59. The summed E-state index contributed by atoms with van der Waals surface area (Å²) in [6.45, 7) is 2.20. The third-order valence-corrected chi connectivity index (χ3v) is 2.92. The molecule has 1 unspecified atom stereocenters. The SMILES string of the molecule is COC(=O)C1CCN(CC(Cl)C#N)CC1. The summed E-state index contributed by atoms with van der Waals surface area (Å²) in [5, 5.41) is 8.10. The number of likely N-dealkylation sites (tertiary alicyclic amines) is 1. The predicted octanol–water partition coefficient (Wildman–Crippen LogP) is 1.00. The lowest BCUT2D eigenvalue weighted by Gasteiger charge is -2.30. The van der Waals surface area contributed by atoms with Gasteiger partial charge in [-0.05, 0) is 25.9 Å². The molecule has 0 bridgehead atoms. The number of halogens is 1. The van der Waals surface area contributed by atoms with Crippen LogP contribution < -0.4 is 0 Å². The summed E-state index contributed by atoms with van der Waals surface area (Å²) in [4.78, 5) is 13.3. The molecule has 0 amide bonds. The zero-order valence-electron chi connectivity index (χ0n) is 8.78. The van der Waals surface area contributed by atoms with Crippen LogP contribution in [0.25, 0.3) is 0 Å². The van der Waals surface area contributed by atoms with Gasteiger partial charge >= 0.3 is 5.97 Å². The highest BCUT2D eigenvalue weighted by Crippen LogP contribution is 2.18. The van der Waals surface area contributed by atoms with Gasteiger partial charge in [-0.2, -0.15) is 5.26 Å². The molecule has 1 rings (SSSR count). The minimum Gasteiger partial charge on any atom is -0.469 e. The molecule has 0 N–H and O–H groups in total. The molecule has 5 heteroatoms. The zero-order valence-corrected chi connectivity index (χ0v) is 9.54. The van der Waals surface area contributed by atoms with E-state index in [2.05, 4.69) is 4.90 Å². The number of nitriles is 1. The van der Waals surface area contributed by atoms with Crippen LogP contribution in [0.1, 0.15) is 12.8 Å². The van der Waals surface area contributed by atoms with Gasteiger partial charge in [0.25, 0.3) is 0 Å². The minimum atomic E-state index is -0.459. The van der Waals surface area contributed by atoms with Gasteiger partial charge in [-0.25, -0.2) is 0 Å². The number of alkyl halides is 1. The van der Waals surface area contributed by atoms with Crippen LogP contribution in [0.2, 0.25) is 0 Å². The highest BCUT2D eigenvalue weighted by atomic mass is 35.5. The molecule has 1 fully saturated rings. The van der Waals surface area contributed by atoms with E-state index >= 15 is 0 Å². The van der Waals surface area contributed by atoms with Crippen molar-refractivity contribution in [3.63, 3.8) is 0 Å². The Kier molecular flexibility index (Phi) is 4.86. The van der Waals surface area contributed by atoms with Crippen LogP contribution in [0.3, 0.4) is 0 Å². The summed E-state index contributed by atoms with van der Waals surface area (Å²) < 4.78 is 4.69. The zero-order chi connectivity index (χ0) is 11.3. The number of hydrogen-bond donors (Lipinski definition) is 0. The van der Waals surface area contributed by atoms with Crippen LogP contribution in [-0.4, -0.2) is 43.0 Å². The molecule has 84 valence electrons. The van der Waals surface area contributed by atoms with E-state index in [1.165, 1.54) is 7.11 Å². The van der Waals surface area contributed by atoms with Crippen molar-refractivity contribution < 1.29 is 9.53 Å².